The molecule has 0 spiro atoms. The van der Waals surface area contributed by atoms with Gasteiger partial charge in [0.25, 0.3) is 0 Å². The van der Waals surface area contributed by atoms with Crippen LogP contribution in [-0.2, 0) is 4.79 Å². The van der Waals surface area contributed by atoms with E-state index in [1.165, 1.54) is 0 Å². The number of ether oxygens (including phenoxy) is 1. The van der Waals surface area contributed by atoms with E-state index in [0.29, 0.717) is 13.0 Å². The van der Waals surface area contributed by atoms with Gasteiger partial charge in [-0.1, -0.05) is 0 Å². The lowest BCUT2D eigenvalue weighted by Gasteiger charge is -2.10. The minimum absolute atomic E-state index is 0.544. The molecule has 0 atom stereocenters. The minimum atomic E-state index is 0.544. The Morgan fingerprint density at radius 3 is 2.62 bits per heavy atom. The lowest BCUT2D eigenvalue weighted by atomic mass is 10.2. The van der Waals surface area contributed by atoms with Crippen molar-refractivity contribution in [2.75, 3.05) is 6.61 Å². The summed E-state index contributed by atoms with van der Waals surface area (Å²) in [6.45, 7) is 6.68. The monoisotopic (exact) mass is 285 g/mol. The van der Waals surface area contributed by atoms with Gasteiger partial charge in [-0.2, -0.15) is 5.10 Å². The molecule has 0 saturated heterocycles. The molecule has 0 fully saturated rings. The number of carbonyl (C=O) groups excluding carboxylic acids is 1. The fourth-order valence-corrected chi connectivity index (χ4v) is 2.31. The lowest BCUT2D eigenvalue weighted by molar-refractivity contribution is -0.109. The number of hydrogen-bond donors (Lipinski definition) is 1. The molecule has 0 aliphatic carbocycles. The maximum absolute atomic E-state index is 10.2. The van der Waals surface area contributed by atoms with Gasteiger partial charge in [0.15, 0.2) is 0 Å². The molecule has 5 nitrogen and oxygen atoms in total. The molecular formula is C16H19N3O2. The second kappa shape index (κ2) is 6.74. The summed E-state index contributed by atoms with van der Waals surface area (Å²) in [6, 6.07) is 9.99. The SMILES string of the molecule is CCOc1ccc(-n2c(C)cc(/C=N\NC=O)c2C)cc1. The van der Waals surface area contributed by atoms with E-state index in [2.05, 4.69) is 15.1 Å². The van der Waals surface area contributed by atoms with Crippen LogP contribution in [0.4, 0.5) is 0 Å². The molecule has 5 heteroatoms. The zero-order valence-corrected chi connectivity index (χ0v) is 12.5. The first-order valence-electron chi connectivity index (χ1n) is 6.81. The number of hydrogen-bond acceptors (Lipinski definition) is 3. The number of nitrogens with zero attached hydrogens (tertiary/aromatic N) is 2. The third kappa shape index (κ3) is 3.31. The first-order valence-corrected chi connectivity index (χ1v) is 6.81. The normalized spacial score (nSPS) is 10.8. The topological polar surface area (TPSA) is 55.6 Å². The number of aromatic nitrogens is 1. The average Bonchev–Trinajstić information content (AvgIpc) is 2.75. The molecular weight excluding hydrogens is 266 g/mol. The van der Waals surface area contributed by atoms with Gasteiger partial charge >= 0.3 is 0 Å². The van der Waals surface area contributed by atoms with Gasteiger partial charge < -0.3 is 9.30 Å². The fourth-order valence-electron chi connectivity index (χ4n) is 2.31. The number of benzene rings is 1. The lowest BCUT2D eigenvalue weighted by Crippen LogP contribution is -2.02. The van der Waals surface area contributed by atoms with Crippen LogP contribution in [0, 0.1) is 13.8 Å². The largest absolute Gasteiger partial charge is 0.494 e. The number of rotatable bonds is 6. The highest BCUT2D eigenvalue weighted by Crippen LogP contribution is 2.22. The van der Waals surface area contributed by atoms with Crippen LogP contribution >= 0.6 is 0 Å². The number of carbonyl (C=O) groups is 1. The van der Waals surface area contributed by atoms with Gasteiger partial charge in [0, 0.05) is 22.6 Å². The summed E-state index contributed by atoms with van der Waals surface area (Å²) < 4.78 is 7.59. The second-order valence-electron chi connectivity index (χ2n) is 4.59. The van der Waals surface area contributed by atoms with Gasteiger partial charge in [-0.05, 0) is 51.1 Å². The number of nitrogens with one attached hydrogen (secondary N) is 1. The number of hydrazone groups is 1. The quantitative estimate of drug-likeness (QED) is 0.504. The molecule has 0 aliphatic heterocycles. The second-order valence-corrected chi connectivity index (χ2v) is 4.59. The Bertz CT molecular complexity index is 642. The summed E-state index contributed by atoms with van der Waals surface area (Å²) >= 11 is 0. The van der Waals surface area contributed by atoms with Gasteiger partial charge in [0.1, 0.15) is 5.75 Å². The third-order valence-corrected chi connectivity index (χ3v) is 3.21. The Kier molecular flexibility index (Phi) is 4.77. The van der Waals surface area contributed by atoms with Crippen molar-refractivity contribution in [2.24, 2.45) is 5.10 Å². The average molecular weight is 285 g/mol. The van der Waals surface area contributed by atoms with Crippen molar-refractivity contribution in [3.63, 3.8) is 0 Å². The van der Waals surface area contributed by atoms with Crippen molar-refractivity contribution < 1.29 is 9.53 Å². The van der Waals surface area contributed by atoms with Crippen molar-refractivity contribution >= 4 is 12.6 Å². The van der Waals surface area contributed by atoms with Crippen molar-refractivity contribution in [1.82, 2.24) is 9.99 Å². The van der Waals surface area contributed by atoms with Gasteiger partial charge in [-0.15, -0.1) is 0 Å². The van der Waals surface area contributed by atoms with Crippen LogP contribution in [0.25, 0.3) is 5.69 Å². The smallest absolute Gasteiger partial charge is 0.227 e. The molecule has 1 amide bonds. The summed E-state index contributed by atoms with van der Waals surface area (Å²) in [4.78, 5) is 10.2. The molecule has 0 aliphatic rings. The van der Waals surface area contributed by atoms with Crippen LogP contribution in [0.5, 0.6) is 5.75 Å². The van der Waals surface area contributed by atoms with Gasteiger partial charge in [-0.3, -0.25) is 4.79 Å². The van der Waals surface area contributed by atoms with E-state index in [0.717, 1.165) is 28.4 Å². The highest BCUT2D eigenvalue weighted by atomic mass is 16.5. The highest BCUT2D eigenvalue weighted by Gasteiger charge is 2.09. The minimum Gasteiger partial charge on any atom is -0.494 e. The fraction of sp³-hybridized carbons (Fsp3) is 0.250. The molecule has 0 saturated carbocycles. The number of aryl methyl sites for hydroxylation is 1. The molecule has 1 aromatic heterocycles. The Morgan fingerprint density at radius 2 is 2.00 bits per heavy atom. The standard InChI is InChI=1S/C16H19N3O2/c1-4-21-16-7-5-15(6-8-16)19-12(2)9-14(13(19)3)10-17-18-11-20/h5-11H,4H2,1-3H3,(H,18,20)/b17-10-. The Labute approximate surface area is 124 Å². The van der Waals surface area contributed by atoms with Gasteiger partial charge in [0.05, 0.1) is 12.8 Å². The van der Waals surface area contributed by atoms with E-state index in [1.807, 2.05) is 51.1 Å². The molecule has 2 rings (SSSR count). The molecule has 1 N–H and O–H groups in total. The van der Waals surface area contributed by atoms with Crippen LogP contribution in [0.15, 0.2) is 35.4 Å². The third-order valence-electron chi connectivity index (χ3n) is 3.21. The molecule has 1 aromatic carbocycles. The van der Waals surface area contributed by atoms with Gasteiger partial charge in [-0.25, -0.2) is 5.43 Å². The summed E-state index contributed by atoms with van der Waals surface area (Å²) in [5.41, 5.74) is 6.48. The molecule has 110 valence electrons. The van der Waals surface area contributed by atoms with E-state index in [4.69, 9.17) is 4.74 Å². The van der Waals surface area contributed by atoms with E-state index in [-0.39, 0.29) is 0 Å². The first-order chi connectivity index (χ1) is 10.2. The van der Waals surface area contributed by atoms with Crippen molar-refractivity contribution in [1.29, 1.82) is 0 Å². The van der Waals surface area contributed by atoms with Gasteiger partial charge in [0.2, 0.25) is 6.41 Å². The summed E-state index contributed by atoms with van der Waals surface area (Å²) in [5.74, 6) is 0.862. The van der Waals surface area contributed by atoms with E-state index in [9.17, 15) is 4.79 Å². The van der Waals surface area contributed by atoms with Crippen LogP contribution in [0.3, 0.4) is 0 Å². The van der Waals surface area contributed by atoms with Crippen molar-refractivity contribution in [2.45, 2.75) is 20.8 Å². The molecule has 21 heavy (non-hydrogen) atoms. The predicted molar refractivity (Wildman–Crippen MR) is 83.2 cm³/mol. The molecule has 0 unspecified atom stereocenters. The molecule has 2 aromatic rings. The number of amides is 1. The predicted octanol–water partition coefficient (Wildman–Crippen LogP) is 2.57. The highest BCUT2D eigenvalue weighted by molar-refractivity contribution is 5.82. The van der Waals surface area contributed by atoms with Crippen molar-refractivity contribution in [3.8, 4) is 11.4 Å². The van der Waals surface area contributed by atoms with E-state index in [1.54, 1.807) is 6.21 Å². The van der Waals surface area contributed by atoms with E-state index >= 15 is 0 Å². The summed E-state index contributed by atoms with van der Waals surface area (Å²) in [7, 11) is 0. The molecule has 1 heterocycles. The van der Waals surface area contributed by atoms with Crippen LogP contribution in [0.1, 0.15) is 23.9 Å². The van der Waals surface area contributed by atoms with Crippen LogP contribution in [0.2, 0.25) is 0 Å². The molecule has 0 bridgehead atoms. The summed E-state index contributed by atoms with van der Waals surface area (Å²) in [5, 5.41) is 3.83. The Morgan fingerprint density at radius 1 is 1.29 bits per heavy atom. The molecule has 0 radical (unpaired) electrons. The van der Waals surface area contributed by atoms with Crippen LogP contribution < -0.4 is 10.2 Å². The summed E-state index contributed by atoms with van der Waals surface area (Å²) in [6.07, 6.45) is 2.18. The first kappa shape index (κ1) is 14.8. The van der Waals surface area contributed by atoms with E-state index < -0.39 is 0 Å². The maximum atomic E-state index is 10.2. The van der Waals surface area contributed by atoms with Crippen molar-refractivity contribution in [3.05, 3.63) is 47.3 Å². The van der Waals surface area contributed by atoms with Crippen LogP contribution in [-0.4, -0.2) is 23.8 Å². The maximum Gasteiger partial charge on any atom is 0.227 e. The zero-order chi connectivity index (χ0) is 15.2. The Balaban J connectivity index is 2.33. The Hall–Kier alpha value is -2.56. The zero-order valence-electron chi connectivity index (χ0n) is 12.5.